The number of hydrogen-bond donors (Lipinski definition) is 2. The van der Waals surface area contributed by atoms with E-state index in [1.54, 1.807) is 0 Å². The molecule has 2 N–H and O–H groups in total. The average Bonchev–Trinajstić information content (AvgIpc) is 2.30. The maximum Gasteiger partial charge on any atom is 0.304 e. The number of thioether (sulfide) groups is 1. The highest BCUT2D eigenvalue weighted by molar-refractivity contribution is 14.1. The van der Waals surface area contributed by atoms with E-state index in [1.165, 1.54) is 11.8 Å². The van der Waals surface area contributed by atoms with Crippen LogP contribution in [0.3, 0.4) is 0 Å². The van der Waals surface area contributed by atoms with Crippen molar-refractivity contribution >= 4 is 97.1 Å². The summed E-state index contributed by atoms with van der Waals surface area (Å²) < 4.78 is 3.12. The maximum atomic E-state index is 11.9. The van der Waals surface area contributed by atoms with Crippen LogP contribution in [0, 0.1) is 10.7 Å². The molecule has 0 aliphatic rings. The zero-order valence-electron chi connectivity index (χ0n) is 10.5. The van der Waals surface area contributed by atoms with E-state index >= 15 is 0 Å². The van der Waals surface area contributed by atoms with Crippen LogP contribution in [-0.2, 0) is 9.59 Å². The number of hydrogen-bond acceptors (Lipinski definition) is 3. The van der Waals surface area contributed by atoms with Crippen molar-refractivity contribution in [1.82, 2.24) is 0 Å². The summed E-state index contributed by atoms with van der Waals surface area (Å²) in [4.78, 5) is 22.5. The first-order valence-corrected chi connectivity index (χ1v) is 9.86. The van der Waals surface area contributed by atoms with Gasteiger partial charge in [0.25, 0.3) is 0 Å². The predicted molar refractivity (Wildman–Crippen MR) is 107 cm³/mol. The number of aliphatic carboxylic acids is 1. The molecule has 0 heterocycles. The predicted octanol–water partition coefficient (Wildman–Crippen LogP) is 4.04. The third kappa shape index (κ3) is 6.64. The van der Waals surface area contributed by atoms with Gasteiger partial charge in [0.1, 0.15) is 0 Å². The Labute approximate surface area is 162 Å². The highest BCUT2D eigenvalue weighted by atomic mass is 127. The van der Waals surface area contributed by atoms with E-state index in [2.05, 4.69) is 73.1 Å². The molecule has 0 aliphatic heterocycles. The molecule has 0 saturated heterocycles. The molecule has 8 heteroatoms. The quantitative estimate of drug-likeness (QED) is 0.466. The molecule has 0 aromatic heterocycles. The van der Waals surface area contributed by atoms with Crippen LogP contribution < -0.4 is 5.32 Å². The normalized spacial score (nSPS) is 12.0. The van der Waals surface area contributed by atoms with Crippen LogP contribution in [-0.4, -0.2) is 28.0 Å². The van der Waals surface area contributed by atoms with Gasteiger partial charge in [-0.15, -0.1) is 11.8 Å². The molecule has 0 spiro atoms. The molecular formula is C12H12I3NO3S. The molecular weight excluding hydrogens is 619 g/mol. The van der Waals surface area contributed by atoms with Gasteiger partial charge in [0.05, 0.1) is 17.9 Å². The second kappa shape index (κ2) is 8.98. The third-order valence-corrected chi connectivity index (χ3v) is 5.72. The molecule has 110 valence electrons. The lowest BCUT2D eigenvalue weighted by Crippen LogP contribution is -2.18. The molecule has 4 nitrogen and oxygen atoms in total. The summed E-state index contributed by atoms with van der Waals surface area (Å²) in [6.45, 7) is 1.81. The van der Waals surface area contributed by atoms with E-state index in [1.807, 2.05) is 19.1 Å². The second-order valence-corrected chi connectivity index (χ2v) is 9.01. The van der Waals surface area contributed by atoms with E-state index in [0.29, 0.717) is 0 Å². The number of amides is 1. The van der Waals surface area contributed by atoms with Gasteiger partial charge in [-0.3, -0.25) is 9.59 Å². The van der Waals surface area contributed by atoms with Crippen molar-refractivity contribution in [3.8, 4) is 0 Å². The summed E-state index contributed by atoms with van der Waals surface area (Å²) in [5, 5.41) is 11.5. The first kappa shape index (κ1) is 18.7. The van der Waals surface area contributed by atoms with Crippen LogP contribution in [0.25, 0.3) is 0 Å². The Morgan fingerprint density at radius 3 is 2.35 bits per heavy atom. The summed E-state index contributed by atoms with van der Waals surface area (Å²) in [5.41, 5.74) is 0.822. The van der Waals surface area contributed by atoms with Crippen LogP contribution in [0.1, 0.15) is 13.3 Å². The van der Waals surface area contributed by atoms with Crippen LogP contribution >= 0.6 is 79.5 Å². The largest absolute Gasteiger partial charge is 0.481 e. The van der Waals surface area contributed by atoms with Gasteiger partial charge >= 0.3 is 5.97 Å². The molecule has 0 aliphatic carbocycles. The zero-order chi connectivity index (χ0) is 15.3. The Kier molecular flexibility index (Phi) is 8.42. The molecule has 1 rings (SSSR count). The fourth-order valence-corrected chi connectivity index (χ4v) is 5.98. The second-order valence-electron chi connectivity index (χ2n) is 4.01. The molecule has 1 aromatic carbocycles. The lowest BCUT2D eigenvalue weighted by atomic mass is 10.3. The first-order chi connectivity index (χ1) is 9.29. The van der Waals surface area contributed by atoms with Gasteiger partial charge in [-0.1, -0.05) is 6.92 Å². The molecule has 1 amide bonds. The number of carboxylic acid groups (broad SMARTS) is 1. The zero-order valence-corrected chi connectivity index (χ0v) is 17.7. The molecule has 1 aromatic rings. The van der Waals surface area contributed by atoms with Crippen LogP contribution in [0.4, 0.5) is 5.69 Å². The molecule has 0 saturated carbocycles. The lowest BCUT2D eigenvalue weighted by Gasteiger charge is -2.12. The standard InChI is InChI=1S/C12H12I3NO3S/c1-6(2-11(18)19)20-5-10(17)16-12-8(14)3-7(13)4-9(12)15/h3-4,6H,2,5H2,1H3,(H,16,17)(H,18,19). The number of benzene rings is 1. The van der Waals surface area contributed by atoms with Crippen LogP contribution in [0.15, 0.2) is 12.1 Å². The van der Waals surface area contributed by atoms with Gasteiger partial charge in [0, 0.05) is 16.0 Å². The number of carboxylic acids is 1. The van der Waals surface area contributed by atoms with E-state index < -0.39 is 5.97 Å². The minimum Gasteiger partial charge on any atom is -0.481 e. The maximum absolute atomic E-state index is 11.9. The Morgan fingerprint density at radius 1 is 1.30 bits per heavy atom. The average molecular weight is 631 g/mol. The van der Waals surface area contributed by atoms with Crippen molar-refractivity contribution in [1.29, 1.82) is 0 Å². The fraction of sp³-hybridized carbons (Fsp3) is 0.333. The van der Waals surface area contributed by atoms with Gasteiger partial charge in [-0.05, 0) is 79.9 Å². The summed E-state index contributed by atoms with van der Waals surface area (Å²) >= 11 is 7.97. The number of halogens is 3. The number of nitrogens with one attached hydrogen (secondary N) is 1. The van der Waals surface area contributed by atoms with Crippen molar-refractivity contribution in [2.75, 3.05) is 11.1 Å². The molecule has 1 atom stereocenters. The van der Waals surface area contributed by atoms with Gasteiger partial charge in [-0.2, -0.15) is 0 Å². The smallest absolute Gasteiger partial charge is 0.304 e. The number of anilines is 1. The monoisotopic (exact) mass is 631 g/mol. The van der Waals surface area contributed by atoms with E-state index in [0.717, 1.165) is 16.4 Å². The van der Waals surface area contributed by atoms with Crippen molar-refractivity contribution in [2.45, 2.75) is 18.6 Å². The number of carbonyl (C=O) groups is 2. The minimum absolute atomic E-state index is 0.0660. The van der Waals surface area contributed by atoms with Crippen molar-refractivity contribution in [3.05, 3.63) is 22.8 Å². The molecule has 1 unspecified atom stereocenters. The van der Waals surface area contributed by atoms with Gasteiger partial charge in [0.15, 0.2) is 0 Å². The van der Waals surface area contributed by atoms with Crippen LogP contribution in [0.2, 0.25) is 0 Å². The topological polar surface area (TPSA) is 66.4 Å². The Morgan fingerprint density at radius 2 is 1.85 bits per heavy atom. The molecule has 0 fully saturated rings. The van der Waals surface area contributed by atoms with E-state index in [-0.39, 0.29) is 23.3 Å². The number of carbonyl (C=O) groups excluding carboxylic acids is 1. The lowest BCUT2D eigenvalue weighted by molar-refractivity contribution is -0.136. The highest BCUT2D eigenvalue weighted by Crippen LogP contribution is 2.27. The fourth-order valence-electron chi connectivity index (χ4n) is 1.36. The van der Waals surface area contributed by atoms with Crippen LogP contribution in [0.5, 0.6) is 0 Å². The van der Waals surface area contributed by atoms with Crippen molar-refractivity contribution < 1.29 is 14.7 Å². The Balaban J connectivity index is 2.57. The van der Waals surface area contributed by atoms with E-state index in [9.17, 15) is 9.59 Å². The highest BCUT2D eigenvalue weighted by Gasteiger charge is 2.13. The molecule has 0 bridgehead atoms. The number of rotatable bonds is 6. The SMILES string of the molecule is CC(CC(=O)O)SCC(=O)Nc1c(I)cc(I)cc1I. The third-order valence-electron chi connectivity index (χ3n) is 2.23. The first-order valence-electron chi connectivity index (χ1n) is 5.57. The Bertz CT molecular complexity index is 502. The van der Waals surface area contributed by atoms with Gasteiger partial charge < -0.3 is 10.4 Å². The summed E-state index contributed by atoms with van der Waals surface area (Å²) in [6.07, 6.45) is 0.0660. The van der Waals surface area contributed by atoms with Gasteiger partial charge in [-0.25, -0.2) is 0 Å². The summed E-state index contributed by atoms with van der Waals surface area (Å²) in [6, 6.07) is 4.00. The van der Waals surface area contributed by atoms with Crippen molar-refractivity contribution in [3.63, 3.8) is 0 Å². The van der Waals surface area contributed by atoms with Crippen molar-refractivity contribution in [2.24, 2.45) is 0 Å². The molecule has 20 heavy (non-hydrogen) atoms. The minimum atomic E-state index is -0.841. The Hall–Kier alpha value is 0.700. The van der Waals surface area contributed by atoms with E-state index in [4.69, 9.17) is 5.11 Å². The summed E-state index contributed by atoms with van der Waals surface area (Å²) in [5.74, 6) is -0.691. The van der Waals surface area contributed by atoms with Gasteiger partial charge in [0.2, 0.25) is 5.91 Å². The summed E-state index contributed by atoms with van der Waals surface area (Å²) in [7, 11) is 0. The molecule has 0 radical (unpaired) electrons.